The molecule has 0 amide bonds. The topological polar surface area (TPSA) is 130 Å². The van der Waals surface area contributed by atoms with Crippen molar-refractivity contribution in [3.05, 3.63) is 75.1 Å². The van der Waals surface area contributed by atoms with Crippen LogP contribution in [0.2, 0.25) is 5.02 Å². The van der Waals surface area contributed by atoms with Gasteiger partial charge in [-0.1, -0.05) is 11.6 Å². The van der Waals surface area contributed by atoms with Crippen molar-refractivity contribution in [3.8, 4) is 0 Å². The summed E-state index contributed by atoms with van der Waals surface area (Å²) in [5.41, 5.74) is -1.61. The molecule has 9 nitrogen and oxygen atoms in total. The van der Waals surface area contributed by atoms with Crippen LogP contribution in [-0.4, -0.2) is 26.0 Å². The molecule has 0 atom stereocenters. The molecule has 2 aromatic carbocycles. The normalized spacial score (nSPS) is 11.1. The van der Waals surface area contributed by atoms with Crippen LogP contribution in [0.4, 0.5) is 41.9 Å². The van der Waals surface area contributed by atoms with Gasteiger partial charge in [-0.2, -0.15) is 13.2 Å². The maximum atomic E-state index is 13.0. The highest BCUT2D eigenvalue weighted by Gasteiger charge is 2.31. The summed E-state index contributed by atoms with van der Waals surface area (Å²) < 4.78 is 38.9. The highest BCUT2D eigenvalue weighted by atomic mass is 35.5. The van der Waals surface area contributed by atoms with Gasteiger partial charge in [-0.25, -0.2) is 14.8 Å². The largest absolute Gasteiger partial charge is 0.478 e. The van der Waals surface area contributed by atoms with Gasteiger partial charge in [0.1, 0.15) is 6.33 Å². The van der Waals surface area contributed by atoms with E-state index in [1.165, 1.54) is 24.3 Å². The van der Waals surface area contributed by atoms with Crippen LogP contribution in [-0.2, 0) is 6.18 Å². The van der Waals surface area contributed by atoms with Crippen LogP contribution in [0.3, 0.4) is 0 Å². The Kier molecular flexibility index (Phi) is 5.92. The third kappa shape index (κ3) is 4.98. The molecular formula is C18H11ClF3N5O4. The second kappa shape index (κ2) is 8.44. The predicted molar refractivity (Wildman–Crippen MR) is 105 cm³/mol. The van der Waals surface area contributed by atoms with Gasteiger partial charge in [0, 0.05) is 5.69 Å². The fourth-order valence-corrected chi connectivity index (χ4v) is 2.66. The van der Waals surface area contributed by atoms with E-state index in [2.05, 4.69) is 20.6 Å². The van der Waals surface area contributed by atoms with Gasteiger partial charge in [-0.3, -0.25) is 10.1 Å². The first-order valence-corrected chi connectivity index (χ1v) is 8.67. The minimum atomic E-state index is -4.65. The molecule has 0 unspecified atom stereocenters. The number of benzene rings is 2. The zero-order chi connectivity index (χ0) is 22.8. The molecule has 3 rings (SSSR count). The second-order valence-corrected chi connectivity index (χ2v) is 6.41. The summed E-state index contributed by atoms with van der Waals surface area (Å²) in [5.74, 6) is -1.82. The Balaban J connectivity index is 1.98. The molecule has 0 aliphatic heterocycles. The van der Waals surface area contributed by atoms with Gasteiger partial charge >= 0.3 is 17.8 Å². The van der Waals surface area contributed by atoms with Crippen molar-refractivity contribution in [2.45, 2.75) is 6.18 Å². The zero-order valence-electron chi connectivity index (χ0n) is 15.1. The van der Waals surface area contributed by atoms with Gasteiger partial charge in [0.2, 0.25) is 11.6 Å². The molecule has 3 N–H and O–H groups in total. The Hall–Kier alpha value is -3.93. The summed E-state index contributed by atoms with van der Waals surface area (Å²) in [5, 5.41) is 25.6. The first kappa shape index (κ1) is 21.8. The fraction of sp³-hybridized carbons (Fsp3) is 0.0556. The van der Waals surface area contributed by atoms with Crippen LogP contribution >= 0.6 is 11.6 Å². The molecule has 0 spiro atoms. The lowest BCUT2D eigenvalue weighted by Gasteiger charge is -2.13. The first-order valence-electron chi connectivity index (χ1n) is 8.30. The van der Waals surface area contributed by atoms with Gasteiger partial charge < -0.3 is 15.7 Å². The number of rotatable bonds is 6. The van der Waals surface area contributed by atoms with E-state index in [9.17, 15) is 28.1 Å². The number of aromatic carboxylic acids is 1. The van der Waals surface area contributed by atoms with Crippen molar-refractivity contribution in [2.24, 2.45) is 0 Å². The fourth-order valence-electron chi connectivity index (χ4n) is 2.49. The standard InChI is InChI=1S/C18H11ClF3N5O4/c19-12-6-3-10(18(20,21)22)7-13(12)26-16-14(27(30)31)15(23-8-24-16)25-11-4-1-9(2-5-11)17(28)29/h1-8H,(H,28,29)(H2,23,24,25,26). The Bertz CT molecular complexity index is 1160. The lowest BCUT2D eigenvalue weighted by atomic mass is 10.2. The highest BCUT2D eigenvalue weighted by Crippen LogP contribution is 2.37. The van der Waals surface area contributed by atoms with Crippen molar-refractivity contribution in [3.63, 3.8) is 0 Å². The number of carbonyl (C=O) groups is 1. The Morgan fingerprint density at radius 2 is 1.68 bits per heavy atom. The van der Waals surface area contributed by atoms with E-state index in [0.29, 0.717) is 6.07 Å². The Morgan fingerprint density at radius 1 is 1.06 bits per heavy atom. The monoisotopic (exact) mass is 453 g/mol. The van der Waals surface area contributed by atoms with E-state index in [1.807, 2.05) is 0 Å². The second-order valence-electron chi connectivity index (χ2n) is 6.00. The molecule has 0 saturated carbocycles. The van der Waals surface area contributed by atoms with Crippen LogP contribution < -0.4 is 10.6 Å². The quantitative estimate of drug-likeness (QED) is 0.341. The molecule has 1 aromatic heterocycles. The number of aromatic nitrogens is 2. The summed E-state index contributed by atoms with van der Waals surface area (Å²) >= 11 is 5.93. The molecule has 160 valence electrons. The minimum absolute atomic E-state index is 0.00396. The number of carboxylic acids is 1. The third-order valence-corrected chi connectivity index (χ3v) is 4.28. The minimum Gasteiger partial charge on any atom is -0.478 e. The molecule has 0 aliphatic carbocycles. The molecule has 1 heterocycles. The number of nitrogens with zero attached hydrogens (tertiary/aromatic N) is 3. The van der Waals surface area contributed by atoms with E-state index in [4.69, 9.17) is 16.7 Å². The number of hydrogen-bond donors (Lipinski definition) is 3. The number of halogens is 4. The summed E-state index contributed by atoms with van der Waals surface area (Å²) in [7, 11) is 0. The summed E-state index contributed by atoms with van der Waals surface area (Å²) in [6.45, 7) is 0. The first-order chi connectivity index (χ1) is 14.6. The van der Waals surface area contributed by atoms with E-state index >= 15 is 0 Å². The van der Waals surface area contributed by atoms with Crippen molar-refractivity contribution in [1.82, 2.24) is 9.97 Å². The lowest BCUT2D eigenvalue weighted by molar-refractivity contribution is -0.383. The van der Waals surface area contributed by atoms with E-state index in [1.54, 1.807) is 0 Å². The number of hydrogen-bond acceptors (Lipinski definition) is 7. The number of alkyl halides is 3. The van der Waals surface area contributed by atoms with Crippen molar-refractivity contribution < 1.29 is 28.0 Å². The molecule has 0 saturated heterocycles. The Morgan fingerprint density at radius 3 is 2.23 bits per heavy atom. The van der Waals surface area contributed by atoms with Crippen LogP contribution in [0.1, 0.15) is 15.9 Å². The number of nitro groups is 1. The summed E-state index contributed by atoms with van der Waals surface area (Å²) in [4.78, 5) is 29.3. The average molecular weight is 454 g/mol. The molecule has 31 heavy (non-hydrogen) atoms. The summed E-state index contributed by atoms with van der Waals surface area (Å²) in [6.07, 6.45) is -3.68. The van der Waals surface area contributed by atoms with Gasteiger partial charge in [-0.05, 0) is 42.5 Å². The van der Waals surface area contributed by atoms with Gasteiger partial charge in [-0.15, -0.1) is 0 Å². The van der Waals surface area contributed by atoms with Crippen molar-refractivity contribution in [1.29, 1.82) is 0 Å². The zero-order valence-corrected chi connectivity index (χ0v) is 15.9. The highest BCUT2D eigenvalue weighted by molar-refractivity contribution is 6.33. The number of carboxylic acid groups (broad SMARTS) is 1. The van der Waals surface area contributed by atoms with E-state index in [-0.39, 0.29) is 27.8 Å². The molecular weight excluding hydrogens is 443 g/mol. The van der Waals surface area contributed by atoms with Gasteiger partial charge in [0.25, 0.3) is 0 Å². The Labute approximate surface area is 176 Å². The predicted octanol–water partition coefficient (Wildman–Crippen LogP) is 5.24. The van der Waals surface area contributed by atoms with Crippen molar-refractivity contribution >= 4 is 46.3 Å². The maximum absolute atomic E-state index is 13.0. The molecule has 13 heteroatoms. The number of nitrogens with one attached hydrogen (secondary N) is 2. The van der Waals surface area contributed by atoms with Crippen molar-refractivity contribution in [2.75, 3.05) is 10.6 Å². The SMILES string of the molecule is O=C(O)c1ccc(Nc2ncnc(Nc3cc(C(F)(F)F)ccc3Cl)c2[N+](=O)[O-])cc1. The van der Waals surface area contributed by atoms with Crippen LogP contribution in [0, 0.1) is 10.1 Å². The van der Waals surface area contributed by atoms with Crippen LogP contribution in [0.25, 0.3) is 0 Å². The third-order valence-electron chi connectivity index (χ3n) is 3.95. The van der Waals surface area contributed by atoms with Crippen LogP contribution in [0.5, 0.6) is 0 Å². The molecule has 0 radical (unpaired) electrons. The average Bonchev–Trinajstić information content (AvgIpc) is 2.69. The lowest BCUT2D eigenvalue weighted by Crippen LogP contribution is -2.08. The van der Waals surface area contributed by atoms with Crippen LogP contribution in [0.15, 0.2) is 48.8 Å². The van der Waals surface area contributed by atoms with Gasteiger partial charge in [0.05, 0.1) is 26.8 Å². The molecule has 0 aliphatic rings. The molecule has 0 bridgehead atoms. The maximum Gasteiger partial charge on any atom is 0.416 e. The van der Waals surface area contributed by atoms with E-state index < -0.39 is 34.1 Å². The molecule has 3 aromatic rings. The van der Waals surface area contributed by atoms with E-state index in [0.717, 1.165) is 18.5 Å². The number of anilines is 4. The smallest absolute Gasteiger partial charge is 0.416 e. The van der Waals surface area contributed by atoms with Gasteiger partial charge in [0.15, 0.2) is 0 Å². The summed E-state index contributed by atoms with van der Waals surface area (Å²) in [6, 6.07) is 7.76. The molecule has 0 fully saturated rings.